The summed E-state index contributed by atoms with van der Waals surface area (Å²) in [5.41, 5.74) is 0.974. The molecule has 1 aromatic rings. The fraction of sp³-hybridized carbons (Fsp3) is 0.636. The van der Waals surface area contributed by atoms with E-state index in [1.165, 1.54) is 0 Å². The molecule has 1 aromatic heterocycles. The van der Waals surface area contributed by atoms with Gasteiger partial charge in [-0.1, -0.05) is 13.8 Å². The predicted octanol–water partition coefficient (Wildman–Crippen LogP) is 1.38. The molecule has 0 radical (unpaired) electrons. The minimum Gasteiger partial charge on any atom is -0.355 e. The summed E-state index contributed by atoms with van der Waals surface area (Å²) in [6, 6.07) is 1.97. The lowest BCUT2D eigenvalue weighted by atomic mass is 10.4. The molecule has 1 fully saturated rings. The van der Waals surface area contributed by atoms with Crippen molar-refractivity contribution >= 4 is 16.6 Å². The predicted molar refractivity (Wildman–Crippen MR) is 68.2 cm³/mol. The number of hydrogen-bond acceptors (Lipinski definition) is 4. The second kappa shape index (κ2) is 6.58. The molecule has 1 saturated heterocycles. The SMILES string of the molecule is CC.Cc1cc(N2CCS(=O)CC2)ncn1. The fourth-order valence-electron chi connectivity index (χ4n) is 1.48. The molecule has 0 aliphatic carbocycles. The summed E-state index contributed by atoms with van der Waals surface area (Å²) < 4.78 is 11.2. The summed E-state index contributed by atoms with van der Waals surface area (Å²) in [5, 5.41) is 0. The van der Waals surface area contributed by atoms with Crippen LogP contribution in [0.3, 0.4) is 0 Å². The van der Waals surface area contributed by atoms with Gasteiger partial charge in [0.2, 0.25) is 0 Å². The molecule has 16 heavy (non-hydrogen) atoms. The van der Waals surface area contributed by atoms with Crippen LogP contribution in [-0.4, -0.2) is 38.8 Å². The number of rotatable bonds is 1. The number of nitrogens with zero attached hydrogens (tertiary/aromatic N) is 3. The van der Waals surface area contributed by atoms with Gasteiger partial charge in [0.1, 0.15) is 12.1 Å². The first-order valence-electron chi connectivity index (χ1n) is 5.64. The lowest BCUT2D eigenvalue weighted by molar-refractivity contribution is 0.672. The highest BCUT2D eigenvalue weighted by molar-refractivity contribution is 7.85. The van der Waals surface area contributed by atoms with E-state index in [9.17, 15) is 4.21 Å². The van der Waals surface area contributed by atoms with E-state index in [1.807, 2.05) is 26.8 Å². The lowest BCUT2D eigenvalue weighted by Gasteiger charge is -2.27. The Labute approximate surface area is 99.6 Å². The summed E-state index contributed by atoms with van der Waals surface area (Å²) in [7, 11) is -0.625. The number of hydrogen-bond donors (Lipinski definition) is 0. The molecule has 0 aromatic carbocycles. The average Bonchev–Trinajstić information content (AvgIpc) is 2.32. The molecule has 0 N–H and O–H groups in total. The maximum absolute atomic E-state index is 11.2. The second-order valence-electron chi connectivity index (χ2n) is 3.35. The Hall–Kier alpha value is -0.970. The lowest BCUT2D eigenvalue weighted by Crippen LogP contribution is -2.38. The van der Waals surface area contributed by atoms with Gasteiger partial charge < -0.3 is 4.90 Å². The zero-order chi connectivity index (χ0) is 12.0. The summed E-state index contributed by atoms with van der Waals surface area (Å²) in [5.74, 6) is 2.46. The molecule has 2 rings (SSSR count). The Balaban J connectivity index is 0.000000606. The quantitative estimate of drug-likeness (QED) is 0.745. The van der Waals surface area contributed by atoms with Gasteiger partial charge in [-0.05, 0) is 6.92 Å². The van der Waals surface area contributed by atoms with Gasteiger partial charge in [-0.3, -0.25) is 4.21 Å². The maximum Gasteiger partial charge on any atom is 0.132 e. The smallest absolute Gasteiger partial charge is 0.132 e. The average molecular weight is 241 g/mol. The molecule has 0 spiro atoms. The maximum atomic E-state index is 11.2. The normalized spacial score (nSPS) is 16.6. The second-order valence-corrected chi connectivity index (χ2v) is 5.05. The van der Waals surface area contributed by atoms with Crippen molar-refractivity contribution in [2.45, 2.75) is 20.8 Å². The Bertz CT molecular complexity index is 347. The molecular formula is C11H19N3OS. The van der Waals surface area contributed by atoms with Crippen LogP contribution in [0.25, 0.3) is 0 Å². The van der Waals surface area contributed by atoms with E-state index >= 15 is 0 Å². The third-order valence-electron chi connectivity index (χ3n) is 2.29. The molecule has 0 atom stereocenters. The van der Waals surface area contributed by atoms with Crippen molar-refractivity contribution in [2.24, 2.45) is 0 Å². The van der Waals surface area contributed by atoms with Crippen LogP contribution < -0.4 is 4.90 Å². The Morgan fingerprint density at radius 2 is 1.88 bits per heavy atom. The molecular weight excluding hydrogens is 222 g/mol. The van der Waals surface area contributed by atoms with Crippen molar-refractivity contribution < 1.29 is 4.21 Å². The molecule has 0 amide bonds. The van der Waals surface area contributed by atoms with Crippen LogP contribution in [-0.2, 0) is 10.8 Å². The van der Waals surface area contributed by atoms with E-state index in [-0.39, 0.29) is 0 Å². The molecule has 5 heteroatoms. The van der Waals surface area contributed by atoms with Gasteiger partial charge in [-0.15, -0.1) is 0 Å². The molecule has 0 bridgehead atoms. The monoisotopic (exact) mass is 241 g/mol. The molecule has 90 valence electrons. The highest BCUT2D eigenvalue weighted by Gasteiger charge is 2.16. The van der Waals surface area contributed by atoms with Crippen LogP contribution in [0, 0.1) is 6.92 Å². The first-order valence-corrected chi connectivity index (χ1v) is 7.13. The molecule has 4 nitrogen and oxygen atoms in total. The highest BCUT2D eigenvalue weighted by Crippen LogP contribution is 2.12. The molecule has 1 aliphatic heterocycles. The van der Waals surface area contributed by atoms with E-state index < -0.39 is 10.8 Å². The van der Waals surface area contributed by atoms with Gasteiger partial charge in [0, 0.05) is 47.2 Å². The molecule has 0 saturated carbocycles. The van der Waals surface area contributed by atoms with Crippen molar-refractivity contribution in [2.75, 3.05) is 29.5 Å². The largest absolute Gasteiger partial charge is 0.355 e. The molecule has 1 aliphatic rings. The summed E-state index contributed by atoms with van der Waals surface area (Å²) in [4.78, 5) is 10.4. The zero-order valence-electron chi connectivity index (χ0n) is 10.1. The van der Waals surface area contributed by atoms with Crippen LogP contribution >= 0.6 is 0 Å². The highest BCUT2D eigenvalue weighted by atomic mass is 32.2. The Morgan fingerprint density at radius 3 is 2.44 bits per heavy atom. The van der Waals surface area contributed by atoms with E-state index in [0.717, 1.165) is 36.1 Å². The summed E-state index contributed by atoms with van der Waals surface area (Å²) >= 11 is 0. The van der Waals surface area contributed by atoms with E-state index in [4.69, 9.17) is 0 Å². The number of aromatic nitrogens is 2. The van der Waals surface area contributed by atoms with Crippen molar-refractivity contribution in [1.29, 1.82) is 0 Å². The molecule has 2 heterocycles. The van der Waals surface area contributed by atoms with Gasteiger partial charge in [0.25, 0.3) is 0 Å². The van der Waals surface area contributed by atoms with Gasteiger partial charge in [-0.2, -0.15) is 0 Å². The van der Waals surface area contributed by atoms with Gasteiger partial charge in [0.05, 0.1) is 0 Å². The van der Waals surface area contributed by atoms with Crippen molar-refractivity contribution in [1.82, 2.24) is 9.97 Å². The van der Waals surface area contributed by atoms with E-state index in [0.29, 0.717) is 0 Å². The molecule has 0 unspecified atom stereocenters. The van der Waals surface area contributed by atoms with Crippen LogP contribution in [0.15, 0.2) is 12.4 Å². The van der Waals surface area contributed by atoms with Gasteiger partial charge >= 0.3 is 0 Å². The first-order chi connectivity index (χ1) is 7.75. The van der Waals surface area contributed by atoms with Crippen LogP contribution in [0.2, 0.25) is 0 Å². The summed E-state index contributed by atoms with van der Waals surface area (Å²) in [6.45, 7) is 7.62. The third kappa shape index (κ3) is 3.56. The summed E-state index contributed by atoms with van der Waals surface area (Å²) in [6.07, 6.45) is 1.58. The first kappa shape index (κ1) is 13.1. The van der Waals surface area contributed by atoms with Crippen LogP contribution in [0.5, 0.6) is 0 Å². The van der Waals surface area contributed by atoms with Crippen molar-refractivity contribution in [3.63, 3.8) is 0 Å². The topological polar surface area (TPSA) is 46.1 Å². The standard InChI is InChI=1S/C9H13N3OS.C2H6/c1-8-6-9(11-7-10-8)12-2-4-14(13)5-3-12;1-2/h6-7H,2-5H2,1H3;1-2H3. The minimum absolute atomic E-state index is 0.625. The minimum atomic E-state index is -0.625. The van der Waals surface area contributed by atoms with Gasteiger partial charge in [-0.25, -0.2) is 9.97 Å². The van der Waals surface area contributed by atoms with Crippen LogP contribution in [0.1, 0.15) is 19.5 Å². The van der Waals surface area contributed by atoms with E-state index in [1.54, 1.807) is 6.33 Å². The Morgan fingerprint density at radius 1 is 1.25 bits per heavy atom. The number of aryl methyl sites for hydroxylation is 1. The zero-order valence-corrected chi connectivity index (χ0v) is 11.0. The fourth-order valence-corrected chi connectivity index (χ4v) is 2.53. The third-order valence-corrected chi connectivity index (χ3v) is 3.57. The number of anilines is 1. The van der Waals surface area contributed by atoms with Crippen LogP contribution in [0.4, 0.5) is 5.82 Å². The van der Waals surface area contributed by atoms with Crippen molar-refractivity contribution in [3.05, 3.63) is 18.1 Å². The van der Waals surface area contributed by atoms with Gasteiger partial charge in [0.15, 0.2) is 0 Å². The van der Waals surface area contributed by atoms with Crippen molar-refractivity contribution in [3.8, 4) is 0 Å². The Kier molecular flexibility index (Phi) is 5.38. The van der Waals surface area contributed by atoms with E-state index in [2.05, 4.69) is 14.9 Å².